The summed E-state index contributed by atoms with van der Waals surface area (Å²) in [6.07, 6.45) is -2.81. The van der Waals surface area contributed by atoms with E-state index in [1.165, 1.54) is 13.1 Å². The molecule has 1 heterocycles. The van der Waals surface area contributed by atoms with Gasteiger partial charge in [0.05, 0.1) is 5.56 Å². The molecule has 2 aromatic carbocycles. The summed E-state index contributed by atoms with van der Waals surface area (Å²) in [6, 6.07) is 1.06. The average Bonchev–Trinajstić information content (AvgIpc) is 2.78. The molecule has 1 aliphatic rings. The highest BCUT2D eigenvalue weighted by Crippen LogP contribution is 2.39. The minimum absolute atomic E-state index is 0.0721. The van der Waals surface area contributed by atoms with Gasteiger partial charge < -0.3 is 0 Å². The van der Waals surface area contributed by atoms with Crippen LogP contribution in [0.2, 0.25) is 0 Å². The molecular weight excluding hydrogens is 467 g/mol. The Kier molecular flexibility index (Phi) is 7.23. The second-order valence-corrected chi connectivity index (χ2v) is 7.47. The van der Waals surface area contributed by atoms with Crippen LogP contribution in [0.3, 0.4) is 0 Å². The van der Waals surface area contributed by atoms with Gasteiger partial charge in [0.15, 0.2) is 6.29 Å². The third-order valence-corrected chi connectivity index (χ3v) is 5.00. The van der Waals surface area contributed by atoms with Crippen LogP contribution >= 0.6 is 0 Å². The van der Waals surface area contributed by atoms with Gasteiger partial charge in [-0.2, -0.15) is 22.0 Å². The van der Waals surface area contributed by atoms with Crippen LogP contribution in [-0.2, 0) is 6.05 Å². The summed E-state index contributed by atoms with van der Waals surface area (Å²) in [5, 5.41) is 1.76. The number of nitrogens with one attached hydrogen (secondary N) is 1. The summed E-state index contributed by atoms with van der Waals surface area (Å²) in [7, 11) is 0. The molecule has 0 aromatic heterocycles. The van der Waals surface area contributed by atoms with Gasteiger partial charge in [0.1, 0.15) is 17.6 Å². The van der Waals surface area contributed by atoms with Gasteiger partial charge in [-0.1, -0.05) is 24.3 Å². The van der Waals surface area contributed by atoms with E-state index in [-0.39, 0.29) is 24.5 Å². The van der Waals surface area contributed by atoms with E-state index in [4.69, 9.17) is 0 Å². The number of allylic oxidation sites excluding steroid dienone is 1. The zero-order valence-corrected chi connectivity index (χ0v) is 17.6. The molecule has 11 heteroatoms. The van der Waals surface area contributed by atoms with E-state index in [1.54, 1.807) is 5.32 Å². The van der Waals surface area contributed by atoms with Gasteiger partial charge in [-0.05, 0) is 36.3 Å². The van der Waals surface area contributed by atoms with Crippen LogP contribution in [0, 0.1) is 12.7 Å². The summed E-state index contributed by atoms with van der Waals surface area (Å²) in [5.41, 5.74) is -2.57. The standard InChI is InChI=1S/C23H18F7N3O/c1-13-9-14(5-6-19(13)24)17(22(26,27)28)11-20(25)15-3-4-16(12-34)18(10-15)23(29,30)33-21-31-7-2-8-32-21/h3-7,9-12,17H,2,8H2,1H3,(H,32,33)/b20-11-. The number of aldehydes is 1. The topological polar surface area (TPSA) is 53.8 Å². The normalized spacial score (nSPS) is 15.6. The smallest absolute Gasteiger partial charge is 0.298 e. The van der Waals surface area contributed by atoms with Gasteiger partial charge in [-0.15, -0.1) is 0 Å². The predicted molar refractivity (Wildman–Crippen MR) is 113 cm³/mol. The van der Waals surface area contributed by atoms with Gasteiger partial charge >= 0.3 is 12.2 Å². The van der Waals surface area contributed by atoms with Crippen molar-refractivity contribution in [1.29, 1.82) is 0 Å². The quantitative estimate of drug-likeness (QED) is 0.307. The van der Waals surface area contributed by atoms with Crippen LogP contribution in [-0.4, -0.2) is 31.2 Å². The minimum Gasteiger partial charge on any atom is -0.298 e. The molecule has 1 N–H and O–H groups in total. The molecule has 0 bridgehead atoms. The molecule has 1 atom stereocenters. The van der Waals surface area contributed by atoms with Crippen LogP contribution in [0.1, 0.15) is 45.0 Å². The highest BCUT2D eigenvalue weighted by molar-refractivity contribution is 5.90. The lowest BCUT2D eigenvalue weighted by Crippen LogP contribution is -2.39. The fourth-order valence-corrected chi connectivity index (χ4v) is 3.26. The van der Waals surface area contributed by atoms with Crippen molar-refractivity contribution < 1.29 is 35.5 Å². The van der Waals surface area contributed by atoms with Crippen molar-refractivity contribution in [2.75, 3.05) is 6.54 Å². The monoisotopic (exact) mass is 485 g/mol. The van der Waals surface area contributed by atoms with Gasteiger partial charge in [-0.3, -0.25) is 15.1 Å². The fraction of sp³-hybridized carbons (Fsp3) is 0.261. The van der Waals surface area contributed by atoms with Crippen LogP contribution in [0.4, 0.5) is 30.7 Å². The van der Waals surface area contributed by atoms with Crippen molar-refractivity contribution in [1.82, 2.24) is 5.32 Å². The van der Waals surface area contributed by atoms with Gasteiger partial charge in [0.2, 0.25) is 5.96 Å². The highest BCUT2D eigenvalue weighted by Gasteiger charge is 2.40. The molecule has 4 nitrogen and oxygen atoms in total. The summed E-state index contributed by atoms with van der Waals surface area (Å²) >= 11 is 0. The summed E-state index contributed by atoms with van der Waals surface area (Å²) in [5.74, 6) is -5.06. The van der Waals surface area contributed by atoms with Crippen LogP contribution in [0.25, 0.3) is 5.83 Å². The highest BCUT2D eigenvalue weighted by atomic mass is 19.4. The Morgan fingerprint density at radius 2 is 1.85 bits per heavy atom. The molecular formula is C23H18F7N3O. The third-order valence-electron chi connectivity index (χ3n) is 5.00. The van der Waals surface area contributed by atoms with E-state index in [1.807, 2.05) is 0 Å². The Morgan fingerprint density at radius 1 is 1.12 bits per heavy atom. The molecule has 0 saturated carbocycles. The van der Waals surface area contributed by atoms with E-state index in [0.717, 1.165) is 30.3 Å². The molecule has 0 spiro atoms. The molecule has 2 aromatic rings. The number of guanidine groups is 1. The van der Waals surface area contributed by atoms with Crippen molar-refractivity contribution in [3.63, 3.8) is 0 Å². The van der Waals surface area contributed by atoms with Crippen LogP contribution in [0.15, 0.2) is 52.5 Å². The van der Waals surface area contributed by atoms with Crippen molar-refractivity contribution in [2.24, 2.45) is 9.98 Å². The Hall–Kier alpha value is -3.50. The largest absolute Gasteiger partial charge is 0.399 e. The van der Waals surface area contributed by atoms with E-state index >= 15 is 0 Å². The Bertz CT molecular complexity index is 1170. The Balaban J connectivity index is 2.02. The second-order valence-electron chi connectivity index (χ2n) is 7.47. The molecule has 34 heavy (non-hydrogen) atoms. The molecule has 0 fully saturated rings. The zero-order valence-electron chi connectivity index (χ0n) is 17.6. The number of halogens is 7. The summed E-state index contributed by atoms with van der Waals surface area (Å²) in [4.78, 5) is 18.7. The van der Waals surface area contributed by atoms with Gasteiger partial charge in [0.25, 0.3) is 0 Å². The molecule has 1 unspecified atom stereocenters. The maximum atomic E-state index is 14.9. The molecule has 0 aliphatic carbocycles. The third kappa shape index (κ3) is 5.70. The lowest BCUT2D eigenvalue weighted by atomic mass is 9.94. The fourth-order valence-electron chi connectivity index (χ4n) is 3.26. The maximum Gasteiger partial charge on any atom is 0.399 e. The first-order valence-corrected chi connectivity index (χ1v) is 9.95. The van der Waals surface area contributed by atoms with E-state index in [0.29, 0.717) is 12.5 Å². The molecule has 0 amide bonds. The number of aryl methyl sites for hydroxylation is 1. The first kappa shape index (κ1) is 25.1. The summed E-state index contributed by atoms with van der Waals surface area (Å²) in [6.45, 7) is 1.47. The number of hydrogen-bond donors (Lipinski definition) is 1. The number of carbonyl (C=O) groups is 1. The number of hydrogen-bond acceptors (Lipinski definition) is 4. The van der Waals surface area contributed by atoms with Crippen LogP contribution < -0.4 is 5.32 Å². The van der Waals surface area contributed by atoms with E-state index in [2.05, 4.69) is 9.98 Å². The van der Waals surface area contributed by atoms with Crippen molar-refractivity contribution in [2.45, 2.75) is 31.5 Å². The van der Waals surface area contributed by atoms with E-state index < -0.39 is 58.0 Å². The molecule has 0 radical (unpaired) electrons. The van der Waals surface area contributed by atoms with E-state index in [9.17, 15) is 35.5 Å². The zero-order chi connectivity index (χ0) is 25.1. The lowest BCUT2D eigenvalue weighted by molar-refractivity contribution is -0.139. The van der Waals surface area contributed by atoms with Crippen molar-refractivity contribution >= 4 is 24.3 Å². The first-order chi connectivity index (χ1) is 15.9. The summed E-state index contributed by atoms with van der Waals surface area (Å²) < 4.78 is 99.1. The molecule has 1 aliphatic heterocycles. The van der Waals surface area contributed by atoms with Crippen molar-refractivity contribution in [3.8, 4) is 0 Å². The molecule has 3 rings (SSSR count). The van der Waals surface area contributed by atoms with Gasteiger partial charge in [0, 0.05) is 30.3 Å². The van der Waals surface area contributed by atoms with Gasteiger partial charge in [-0.25, -0.2) is 13.8 Å². The number of rotatable bonds is 6. The maximum absolute atomic E-state index is 14.9. The Labute approximate surface area is 189 Å². The number of carbonyl (C=O) groups excluding carboxylic acids is 1. The Morgan fingerprint density at radius 3 is 2.44 bits per heavy atom. The molecule has 0 saturated heterocycles. The minimum atomic E-state index is -4.95. The molecule has 180 valence electrons. The van der Waals surface area contributed by atoms with Crippen molar-refractivity contribution in [3.05, 3.63) is 76.1 Å². The number of aliphatic imine (C=N–C) groups is 2. The number of nitrogens with zero attached hydrogens (tertiary/aromatic N) is 2. The lowest BCUT2D eigenvalue weighted by Gasteiger charge is -2.22. The average molecular weight is 485 g/mol. The predicted octanol–water partition coefficient (Wildman–Crippen LogP) is 6.07. The number of alkyl halides is 5. The SMILES string of the molecule is Cc1cc(C(/C=C(\F)c2ccc(C=O)c(C(F)(F)NC3=NCCC=N3)c2)C(F)(F)F)ccc1F. The van der Waals surface area contributed by atoms with Crippen LogP contribution in [0.5, 0.6) is 0 Å². The number of benzene rings is 2. The first-order valence-electron chi connectivity index (χ1n) is 9.95. The second kappa shape index (κ2) is 9.78.